The van der Waals surface area contributed by atoms with Crippen LogP contribution in [-0.4, -0.2) is 26.2 Å². The Labute approximate surface area is 161 Å². The number of hydrogen-bond donors (Lipinski definition) is 1. The Morgan fingerprint density at radius 1 is 1.00 bits per heavy atom. The van der Waals surface area contributed by atoms with Crippen molar-refractivity contribution in [1.29, 1.82) is 0 Å². The Bertz CT molecular complexity index is 728. The van der Waals surface area contributed by atoms with Gasteiger partial charge in [-0.2, -0.15) is 0 Å². The predicted molar refractivity (Wildman–Crippen MR) is 107 cm³/mol. The fourth-order valence-electron chi connectivity index (χ4n) is 2.80. The number of benzene rings is 2. The van der Waals surface area contributed by atoms with Crippen LogP contribution in [0.5, 0.6) is 17.2 Å². The van der Waals surface area contributed by atoms with E-state index in [9.17, 15) is 4.79 Å². The first kappa shape index (κ1) is 20.6. The maximum atomic E-state index is 12.3. The van der Waals surface area contributed by atoms with E-state index in [1.807, 2.05) is 63.2 Å². The first-order chi connectivity index (χ1) is 13.1. The molecule has 27 heavy (non-hydrogen) atoms. The third-order valence-corrected chi connectivity index (χ3v) is 4.24. The van der Waals surface area contributed by atoms with Gasteiger partial charge in [0.05, 0.1) is 26.4 Å². The van der Waals surface area contributed by atoms with E-state index < -0.39 is 0 Å². The minimum Gasteiger partial charge on any atom is -0.497 e. The van der Waals surface area contributed by atoms with Crippen molar-refractivity contribution in [2.45, 2.75) is 39.7 Å². The standard InChI is InChI=1S/C22H29NO4/c1-5-26-20-13-7-17(15-21(20)27-6-2)8-14-22(24)23-16(3)18-9-11-19(25-4)12-10-18/h7,9-13,15-16H,5-6,8,14H2,1-4H3,(H,23,24)/t16-/m0/s1. The summed E-state index contributed by atoms with van der Waals surface area (Å²) in [5.41, 5.74) is 2.10. The molecule has 5 nitrogen and oxygen atoms in total. The number of carbonyl (C=O) groups excluding carboxylic acids is 1. The normalized spacial score (nSPS) is 11.6. The van der Waals surface area contributed by atoms with E-state index in [-0.39, 0.29) is 11.9 Å². The predicted octanol–water partition coefficient (Wildman–Crippen LogP) is 4.30. The van der Waals surface area contributed by atoms with Crippen molar-refractivity contribution in [2.24, 2.45) is 0 Å². The molecular formula is C22H29NO4. The van der Waals surface area contributed by atoms with Crippen LogP contribution >= 0.6 is 0 Å². The largest absolute Gasteiger partial charge is 0.497 e. The molecule has 0 bridgehead atoms. The molecule has 0 aromatic heterocycles. The van der Waals surface area contributed by atoms with Gasteiger partial charge in [-0.05, 0) is 62.6 Å². The van der Waals surface area contributed by atoms with Gasteiger partial charge in [0.2, 0.25) is 5.91 Å². The van der Waals surface area contributed by atoms with Crippen LogP contribution in [0.25, 0.3) is 0 Å². The number of hydrogen-bond acceptors (Lipinski definition) is 4. The number of ether oxygens (including phenoxy) is 3. The van der Waals surface area contributed by atoms with Gasteiger partial charge in [0, 0.05) is 6.42 Å². The maximum absolute atomic E-state index is 12.3. The number of aryl methyl sites for hydroxylation is 1. The summed E-state index contributed by atoms with van der Waals surface area (Å²) in [6.45, 7) is 7.02. The molecule has 1 amide bonds. The van der Waals surface area contributed by atoms with Gasteiger partial charge in [0.25, 0.3) is 0 Å². The molecule has 2 aromatic rings. The highest BCUT2D eigenvalue weighted by molar-refractivity contribution is 5.76. The Morgan fingerprint density at radius 3 is 2.30 bits per heavy atom. The molecular weight excluding hydrogens is 342 g/mol. The van der Waals surface area contributed by atoms with Crippen LogP contribution in [0.15, 0.2) is 42.5 Å². The van der Waals surface area contributed by atoms with Crippen molar-refractivity contribution in [3.8, 4) is 17.2 Å². The molecule has 2 aromatic carbocycles. The second kappa shape index (κ2) is 10.5. The van der Waals surface area contributed by atoms with Gasteiger partial charge in [-0.1, -0.05) is 18.2 Å². The van der Waals surface area contributed by atoms with Crippen LogP contribution in [-0.2, 0) is 11.2 Å². The molecule has 0 aliphatic carbocycles. The van der Waals surface area contributed by atoms with Crippen LogP contribution in [0.4, 0.5) is 0 Å². The van der Waals surface area contributed by atoms with Crippen LogP contribution in [0.3, 0.4) is 0 Å². The lowest BCUT2D eigenvalue weighted by Crippen LogP contribution is -2.26. The Balaban J connectivity index is 1.91. The fraction of sp³-hybridized carbons (Fsp3) is 0.409. The van der Waals surface area contributed by atoms with Gasteiger partial charge >= 0.3 is 0 Å². The summed E-state index contributed by atoms with van der Waals surface area (Å²) in [5, 5.41) is 3.04. The van der Waals surface area contributed by atoms with Gasteiger partial charge < -0.3 is 19.5 Å². The summed E-state index contributed by atoms with van der Waals surface area (Å²) in [6.07, 6.45) is 1.06. The summed E-state index contributed by atoms with van der Waals surface area (Å²) in [6, 6.07) is 13.5. The molecule has 2 rings (SSSR count). The molecule has 0 aliphatic heterocycles. The molecule has 0 radical (unpaired) electrons. The molecule has 5 heteroatoms. The zero-order valence-corrected chi connectivity index (χ0v) is 16.6. The van der Waals surface area contributed by atoms with E-state index in [0.717, 1.165) is 28.4 Å². The number of nitrogens with one attached hydrogen (secondary N) is 1. The van der Waals surface area contributed by atoms with Crippen LogP contribution in [0.1, 0.15) is 44.4 Å². The lowest BCUT2D eigenvalue weighted by Gasteiger charge is -2.15. The first-order valence-electron chi connectivity index (χ1n) is 9.39. The first-order valence-corrected chi connectivity index (χ1v) is 9.39. The monoisotopic (exact) mass is 371 g/mol. The number of carbonyl (C=O) groups is 1. The van der Waals surface area contributed by atoms with Crippen LogP contribution < -0.4 is 19.5 Å². The van der Waals surface area contributed by atoms with Crippen molar-refractivity contribution < 1.29 is 19.0 Å². The van der Waals surface area contributed by atoms with Gasteiger partial charge in [-0.15, -0.1) is 0 Å². The molecule has 0 spiro atoms. The molecule has 146 valence electrons. The topological polar surface area (TPSA) is 56.8 Å². The number of amides is 1. The highest BCUT2D eigenvalue weighted by Crippen LogP contribution is 2.29. The quantitative estimate of drug-likeness (QED) is 0.676. The summed E-state index contributed by atoms with van der Waals surface area (Å²) >= 11 is 0. The molecule has 0 heterocycles. The van der Waals surface area contributed by atoms with Gasteiger partial charge in [-0.25, -0.2) is 0 Å². The van der Waals surface area contributed by atoms with E-state index in [1.165, 1.54) is 0 Å². The van der Waals surface area contributed by atoms with E-state index in [0.29, 0.717) is 26.1 Å². The van der Waals surface area contributed by atoms with E-state index >= 15 is 0 Å². The third-order valence-electron chi connectivity index (χ3n) is 4.24. The SMILES string of the molecule is CCOc1ccc(CCC(=O)N[C@@H](C)c2ccc(OC)cc2)cc1OCC. The smallest absolute Gasteiger partial charge is 0.220 e. The lowest BCUT2D eigenvalue weighted by molar-refractivity contribution is -0.121. The van der Waals surface area contributed by atoms with Gasteiger partial charge in [0.15, 0.2) is 11.5 Å². The van der Waals surface area contributed by atoms with Crippen molar-refractivity contribution in [1.82, 2.24) is 5.32 Å². The number of methoxy groups -OCH3 is 1. The Kier molecular flexibility index (Phi) is 7.99. The summed E-state index contributed by atoms with van der Waals surface area (Å²) in [4.78, 5) is 12.3. The fourth-order valence-corrected chi connectivity index (χ4v) is 2.80. The third kappa shape index (κ3) is 6.20. The highest BCUT2D eigenvalue weighted by atomic mass is 16.5. The number of rotatable bonds is 10. The zero-order chi connectivity index (χ0) is 19.6. The minimum atomic E-state index is -0.0530. The molecule has 0 saturated heterocycles. The van der Waals surface area contributed by atoms with Crippen molar-refractivity contribution in [3.63, 3.8) is 0 Å². The summed E-state index contributed by atoms with van der Waals surface area (Å²) in [7, 11) is 1.64. The van der Waals surface area contributed by atoms with Crippen LogP contribution in [0, 0.1) is 0 Å². The average molecular weight is 371 g/mol. The minimum absolute atomic E-state index is 0.0187. The van der Waals surface area contributed by atoms with E-state index in [1.54, 1.807) is 7.11 Å². The highest BCUT2D eigenvalue weighted by Gasteiger charge is 2.11. The molecule has 0 fully saturated rings. The van der Waals surface area contributed by atoms with Gasteiger partial charge in [-0.3, -0.25) is 4.79 Å². The summed E-state index contributed by atoms with van der Waals surface area (Å²) < 4.78 is 16.4. The molecule has 0 saturated carbocycles. The zero-order valence-electron chi connectivity index (χ0n) is 16.6. The lowest BCUT2D eigenvalue weighted by atomic mass is 10.1. The average Bonchev–Trinajstić information content (AvgIpc) is 2.68. The molecule has 1 N–H and O–H groups in total. The maximum Gasteiger partial charge on any atom is 0.220 e. The Morgan fingerprint density at radius 2 is 1.67 bits per heavy atom. The molecule has 0 unspecified atom stereocenters. The van der Waals surface area contributed by atoms with Crippen LogP contribution in [0.2, 0.25) is 0 Å². The molecule has 0 aliphatic rings. The summed E-state index contributed by atoms with van der Waals surface area (Å²) in [5.74, 6) is 2.28. The second-order valence-electron chi connectivity index (χ2n) is 6.21. The van der Waals surface area contributed by atoms with Gasteiger partial charge in [0.1, 0.15) is 5.75 Å². The van der Waals surface area contributed by atoms with E-state index in [4.69, 9.17) is 14.2 Å². The van der Waals surface area contributed by atoms with Crippen molar-refractivity contribution in [2.75, 3.05) is 20.3 Å². The molecule has 1 atom stereocenters. The van der Waals surface area contributed by atoms with Crippen molar-refractivity contribution >= 4 is 5.91 Å². The Hall–Kier alpha value is -2.69. The van der Waals surface area contributed by atoms with Crippen molar-refractivity contribution in [3.05, 3.63) is 53.6 Å². The van der Waals surface area contributed by atoms with E-state index in [2.05, 4.69) is 5.32 Å². The second-order valence-corrected chi connectivity index (χ2v) is 6.21.